The van der Waals surface area contributed by atoms with Crippen LogP contribution < -0.4 is 10.1 Å². The number of amides is 1. The third kappa shape index (κ3) is 4.92. The molecule has 136 valence electrons. The summed E-state index contributed by atoms with van der Waals surface area (Å²) in [7, 11) is 0. The van der Waals surface area contributed by atoms with Gasteiger partial charge in [-0.1, -0.05) is 23.5 Å². The van der Waals surface area contributed by atoms with E-state index >= 15 is 0 Å². The van der Waals surface area contributed by atoms with Gasteiger partial charge in [0.25, 0.3) is 5.19 Å². The van der Waals surface area contributed by atoms with Crippen molar-refractivity contribution in [1.82, 2.24) is 10.3 Å². The molecule has 0 spiro atoms. The lowest BCUT2D eigenvalue weighted by Crippen LogP contribution is -2.32. The predicted molar refractivity (Wildman–Crippen MR) is 99.2 cm³/mol. The Morgan fingerprint density at radius 1 is 1.19 bits per heavy atom. The number of benzene rings is 2. The van der Waals surface area contributed by atoms with E-state index in [0.717, 1.165) is 10.3 Å². The van der Waals surface area contributed by atoms with Crippen molar-refractivity contribution in [3.05, 3.63) is 53.8 Å². The molecule has 1 aromatic heterocycles. The molecule has 5 nitrogen and oxygen atoms in total. The van der Waals surface area contributed by atoms with Crippen molar-refractivity contribution >= 4 is 27.6 Å². The first-order valence-corrected chi connectivity index (χ1v) is 8.90. The molecule has 0 saturated carbocycles. The van der Waals surface area contributed by atoms with E-state index in [-0.39, 0.29) is 5.82 Å². The first-order chi connectivity index (χ1) is 12.3. The highest BCUT2D eigenvalue weighted by Gasteiger charge is 2.15. The highest BCUT2D eigenvalue weighted by Crippen LogP contribution is 2.31. The molecule has 2 aromatic carbocycles. The second kappa shape index (κ2) is 7.29. The first-order valence-electron chi connectivity index (χ1n) is 8.08. The van der Waals surface area contributed by atoms with E-state index in [0.29, 0.717) is 23.0 Å². The van der Waals surface area contributed by atoms with E-state index in [9.17, 15) is 9.18 Å². The minimum absolute atomic E-state index is 0.297. The third-order valence-corrected chi connectivity index (χ3v) is 4.19. The van der Waals surface area contributed by atoms with Crippen molar-refractivity contribution in [2.75, 3.05) is 0 Å². The zero-order chi connectivity index (χ0) is 18.7. The van der Waals surface area contributed by atoms with Crippen molar-refractivity contribution in [3.63, 3.8) is 0 Å². The van der Waals surface area contributed by atoms with Crippen LogP contribution in [-0.2, 0) is 11.3 Å². The quantitative estimate of drug-likeness (QED) is 0.677. The Kier molecular flexibility index (Phi) is 5.08. The van der Waals surface area contributed by atoms with Gasteiger partial charge in [0.2, 0.25) is 0 Å². The Balaban J connectivity index is 1.59. The minimum Gasteiger partial charge on any atom is -0.444 e. The van der Waals surface area contributed by atoms with Crippen LogP contribution in [0.1, 0.15) is 26.3 Å². The monoisotopic (exact) mass is 374 g/mol. The molecule has 0 aliphatic carbocycles. The summed E-state index contributed by atoms with van der Waals surface area (Å²) in [6, 6.07) is 11.7. The largest absolute Gasteiger partial charge is 0.444 e. The van der Waals surface area contributed by atoms with Crippen LogP contribution in [0.3, 0.4) is 0 Å². The van der Waals surface area contributed by atoms with E-state index < -0.39 is 11.7 Å². The molecule has 3 aromatic rings. The number of thiazole rings is 1. The van der Waals surface area contributed by atoms with Gasteiger partial charge in [-0.3, -0.25) is 0 Å². The van der Waals surface area contributed by atoms with E-state index in [1.54, 1.807) is 18.2 Å². The smallest absolute Gasteiger partial charge is 0.407 e. The number of halogens is 1. The summed E-state index contributed by atoms with van der Waals surface area (Å²) in [6.45, 7) is 5.80. The summed E-state index contributed by atoms with van der Waals surface area (Å²) >= 11 is 1.28. The lowest BCUT2D eigenvalue weighted by Gasteiger charge is -2.19. The fraction of sp³-hybridized carbons (Fsp3) is 0.263. The molecule has 0 aliphatic heterocycles. The highest BCUT2D eigenvalue weighted by molar-refractivity contribution is 7.20. The summed E-state index contributed by atoms with van der Waals surface area (Å²) in [5, 5.41) is 3.15. The van der Waals surface area contributed by atoms with Crippen molar-refractivity contribution in [2.45, 2.75) is 32.9 Å². The molecule has 1 N–H and O–H groups in total. The summed E-state index contributed by atoms with van der Waals surface area (Å²) in [5.41, 5.74) is 1.08. The Labute approximate surface area is 154 Å². The van der Waals surface area contributed by atoms with Gasteiger partial charge in [0, 0.05) is 6.54 Å². The van der Waals surface area contributed by atoms with Gasteiger partial charge in [0.05, 0.1) is 10.2 Å². The summed E-state index contributed by atoms with van der Waals surface area (Å²) in [6.07, 6.45) is -0.459. The number of nitrogens with one attached hydrogen (secondary N) is 1. The topological polar surface area (TPSA) is 60.5 Å². The number of fused-ring (bicyclic) bond motifs is 1. The van der Waals surface area contributed by atoms with Gasteiger partial charge in [-0.2, -0.15) is 0 Å². The molecule has 0 fully saturated rings. The average Bonchev–Trinajstić information content (AvgIpc) is 2.94. The molecule has 0 atom stereocenters. The van der Waals surface area contributed by atoms with Gasteiger partial charge in [0.1, 0.15) is 17.2 Å². The Bertz CT molecular complexity index is 917. The summed E-state index contributed by atoms with van der Waals surface area (Å²) < 4.78 is 24.9. The molecular weight excluding hydrogens is 355 g/mol. The van der Waals surface area contributed by atoms with Crippen LogP contribution in [0.2, 0.25) is 0 Å². The third-order valence-electron chi connectivity index (χ3n) is 3.30. The SMILES string of the molecule is CC(C)(C)OC(=O)NCc1ccc(Oc2nc3ccc(F)cc3s2)cc1. The maximum absolute atomic E-state index is 13.2. The van der Waals surface area contributed by atoms with Gasteiger partial charge in [-0.25, -0.2) is 14.2 Å². The van der Waals surface area contributed by atoms with Crippen molar-refractivity contribution < 1.29 is 18.7 Å². The molecular formula is C19H19FN2O3S. The fourth-order valence-electron chi connectivity index (χ4n) is 2.19. The standard InChI is InChI=1S/C19H19FN2O3S/c1-19(2,3)25-17(23)21-11-12-4-7-14(8-5-12)24-18-22-15-9-6-13(20)10-16(15)26-18/h4-10H,11H2,1-3H3,(H,21,23). The number of hydrogen-bond acceptors (Lipinski definition) is 5. The van der Waals surface area contributed by atoms with Gasteiger partial charge >= 0.3 is 6.09 Å². The first kappa shape index (κ1) is 18.1. The molecule has 1 heterocycles. The normalized spacial score (nSPS) is 11.4. The van der Waals surface area contributed by atoms with Crippen LogP contribution in [0.15, 0.2) is 42.5 Å². The van der Waals surface area contributed by atoms with Crippen LogP contribution in [0.4, 0.5) is 9.18 Å². The van der Waals surface area contributed by atoms with E-state index in [2.05, 4.69) is 10.3 Å². The van der Waals surface area contributed by atoms with Crippen LogP contribution in [0.5, 0.6) is 10.9 Å². The predicted octanol–water partition coefficient (Wildman–Crippen LogP) is 5.25. The van der Waals surface area contributed by atoms with Crippen LogP contribution >= 0.6 is 11.3 Å². The second-order valence-electron chi connectivity index (χ2n) is 6.69. The van der Waals surface area contributed by atoms with Gasteiger partial charge < -0.3 is 14.8 Å². The van der Waals surface area contributed by atoms with Crippen LogP contribution in [-0.4, -0.2) is 16.7 Å². The second-order valence-corrected chi connectivity index (χ2v) is 7.69. The number of carbonyl (C=O) groups excluding carboxylic acids is 1. The number of carbonyl (C=O) groups is 1. The van der Waals surface area contributed by atoms with Crippen molar-refractivity contribution in [2.24, 2.45) is 0 Å². The molecule has 0 aliphatic rings. The van der Waals surface area contributed by atoms with Crippen molar-refractivity contribution in [3.8, 4) is 10.9 Å². The number of nitrogens with zero attached hydrogens (tertiary/aromatic N) is 1. The lowest BCUT2D eigenvalue weighted by atomic mass is 10.2. The van der Waals surface area contributed by atoms with Crippen LogP contribution in [0, 0.1) is 5.82 Å². The van der Waals surface area contributed by atoms with E-state index in [1.807, 2.05) is 32.9 Å². The zero-order valence-corrected chi connectivity index (χ0v) is 15.5. The Morgan fingerprint density at radius 3 is 2.62 bits per heavy atom. The van der Waals surface area contributed by atoms with E-state index in [1.165, 1.54) is 23.5 Å². The molecule has 0 unspecified atom stereocenters. The summed E-state index contributed by atoms with van der Waals surface area (Å²) in [5.74, 6) is 0.320. The molecule has 0 bridgehead atoms. The lowest BCUT2D eigenvalue weighted by molar-refractivity contribution is 0.0523. The number of ether oxygens (including phenoxy) is 2. The molecule has 1 amide bonds. The number of rotatable bonds is 4. The number of alkyl carbamates (subject to hydrolysis) is 1. The Hall–Kier alpha value is -2.67. The fourth-order valence-corrected chi connectivity index (χ4v) is 3.05. The van der Waals surface area contributed by atoms with Crippen molar-refractivity contribution in [1.29, 1.82) is 0 Å². The summed E-state index contributed by atoms with van der Waals surface area (Å²) in [4.78, 5) is 16.0. The number of hydrogen-bond donors (Lipinski definition) is 1. The molecule has 0 radical (unpaired) electrons. The van der Waals surface area contributed by atoms with Gasteiger partial charge in [-0.05, 0) is 56.7 Å². The maximum Gasteiger partial charge on any atom is 0.407 e. The van der Waals surface area contributed by atoms with Gasteiger partial charge in [-0.15, -0.1) is 0 Å². The Morgan fingerprint density at radius 2 is 1.92 bits per heavy atom. The maximum atomic E-state index is 13.2. The van der Waals surface area contributed by atoms with E-state index in [4.69, 9.17) is 9.47 Å². The molecule has 0 saturated heterocycles. The van der Waals surface area contributed by atoms with Crippen LogP contribution in [0.25, 0.3) is 10.2 Å². The van der Waals surface area contributed by atoms with Gasteiger partial charge in [0.15, 0.2) is 0 Å². The molecule has 26 heavy (non-hydrogen) atoms. The molecule has 7 heteroatoms. The number of aromatic nitrogens is 1. The average molecular weight is 374 g/mol. The molecule has 3 rings (SSSR count). The minimum atomic E-state index is -0.526. The zero-order valence-electron chi connectivity index (χ0n) is 14.7. The highest BCUT2D eigenvalue weighted by atomic mass is 32.1.